The van der Waals surface area contributed by atoms with Crippen molar-refractivity contribution < 1.29 is 19.1 Å². The Morgan fingerprint density at radius 1 is 0.676 bits per heavy atom. The van der Waals surface area contributed by atoms with Crippen molar-refractivity contribution >= 4 is 11.7 Å². The normalized spacial score (nSPS) is 11.5. The van der Waals surface area contributed by atoms with Crippen molar-refractivity contribution in [3.63, 3.8) is 0 Å². The number of para-hydroxylation sites is 1. The fourth-order valence-corrected chi connectivity index (χ4v) is 3.85. The van der Waals surface area contributed by atoms with Gasteiger partial charge in [0.1, 0.15) is 17.5 Å². The first-order valence-electron chi connectivity index (χ1n) is 12.4. The summed E-state index contributed by atoms with van der Waals surface area (Å²) in [6, 6.07) is 33.7. The number of hydrogen-bond donors (Lipinski definition) is 1. The average molecular weight is 494 g/mol. The van der Waals surface area contributed by atoms with Crippen LogP contribution in [-0.4, -0.2) is 24.3 Å². The Morgan fingerprint density at radius 2 is 1.24 bits per heavy atom. The van der Waals surface area contributed by atoms with E-state index < -0.39 is 6.04 Å². The van der Waals surface area contributed by atoms with Gasteiger partial charge in [-0.2, -0.15) is 0 Å². The molecule has 0 aromatic heterocycles. The Bertz CT molecular complexity index is 1270. The standard InChI is InChI=1S/C32H31NO4/c1-24-12-14-26(15-13-24)21-32(35)33-30(23-36-22-27-8-4-2-5-9-27)31(34)20-25-16-18-29(19-17-25)37-28-10-6-3-7-11-28/h2-19,30H,20-23H2,1H3,(H,33,35). The van der Waals surface area contributed by atoms with Crippen LogP contribution < -0.4 is 10.1 Å². The van der Waals surface area contributed by atoms with Gasteiger partial charge in [-0.05, 0) is 47.9 Å². The Morgan fingerprint density at radius 3 is 1.92 bits per heavy atom. The van der Waals surface area contributed by atoms with Crippen LogP contribution in [-0.2, 0) is 33.8 Å². The lowest BCUT2D eigenvalue weighted by Gasteiger charge is -2.18. The molecule has 0 saturated heterocycles. The lowest BCUT2D eigenvalue weighted by Crippen LogP contribution is -2.45. The van der Waals surface area contributed by atoms with Crippen molar-refractivity contribution in [3.8, 4) is 11.5 Å². The van der Waals surface area contributed by atoms with Crippen molar-refractivity contribution in [2.75, 3.05) is 6.61 Å². The van der Waals surface area contributed by atoms with Gasteiger partial charge in [-0.1, -0.05) is 90.5 Å². The molecule has 0 heterocycles. The quantitative estimate of drug-likeness (QED) is 0.269. The highest BCUT2D eigenvalue weighted by molar-refractivity contribution is 5.91. The number of benzene rings is 4. The Balaban J connectivity index is 1.38. The zero-order valence-corrected chi connectivity index (χ0v) is 20.9. The van der Waals surface area contributed by atoms with Gasteiger partial charge in [0.05, 0.1) is 19.6 Å². The van der Waals surface area contributed by atoms with Crippen LogP contribution in [0.3, 0.4) is 0 Å². The molecule has 0 saturated carbocycles. The lowest BCUT2D eigenvalue weighted by atomic mass is 10.0. The summed E-state index contributed by atoms with van der Waals surface area (Å²) >= 11 is 0. The third kappa shape index (κ3) is 8.44. The number of rotatable bonds is 12. The van der Waals surface area contributed by atoms with E-state index in [1.54, 1.807) is 0 Å². The largest absolute Gasteiger partial charge is 0.457 e. The highest BCUT2D eigenvalue weighted by Gasteiger charge is 2.21. The van der Waals surface area contributed by atoms with Crippen LogP contribution >= 0.6 is 0 Å². The number of aryl methyl sites for hydroxylation is 1. The molecule has 1 amide bonds. The maximum Gasteiger partial charge on any atom is 0.225 e. The fourth-order valence-electron chi connectivity index (χ4n) is 3.85. The molecule has 4 aromatic carbocycles. The number of ketones is 1. The van der Waals surface area contributed by atoms with Crippen LogP contribution in [0.15, 0.2) is 109 Å². The van der Waals surface area contributed by atoms with Crippen molar-refractivity contribution in [3.05, 3.63) is 131 Å². The molecule has 4 rings (SSSR count). The zero-order valence-electron chi connectivity index (χ0n) is 20.9. The van der Waals surface area contributed by atoms with Crippen LogP contribution in [0.4, 0.5) is 0 Å². The van der Waals surface area contributed by atoms with Crippen LogP contribution in [0.1, 0.15) is 22.3 Å². The Labute approximate surface area is 218 Å². The number of amides is 1. The van der Waals surface area contributed by atoms with E-state index in [-0.39, 0.29) is 31.1 Å². The van der Waals surface area contributed by atoms with E-state index in [1.165, 1.54) is 0 Å². The molecule has 0 bridgehead atoms. The first-order valence-corrected chi connectivity index (χ1v) is 12.4. The average Bonchev–Trinajstić information content (AvgIpc) is 2.92. The smallest absolute Gasteiger partial charge is 0.225 e. The van der Waals surface area contributed by atoms with E-state index in [4.69, 9.17) is 9.47 Å². The second-order valence-corrected chi connectivity index (χ2v) is 8.99. The molecule has 188 valence electrons. The van der Waals surface area contributed by atoms with Crippen LogP contribution in [0.2, 0.25) is 0 Å². The predicted molar refractivity (Wildman–Crippen MR) is 145 cm³/mol. The van der Waals surface area contributed by atoms with Gasteiger partial charge < -0.3 is 14.8 Å². The number of ether oxygens (including phenoxy) is 2. The monoisotopic (exact) mass is 493 g/mol. The van der Waals surface area contributed by atoms with Gasteiger partial charge in [0, 0.05) is 6.42 Å². The molecule has 0 fully saturated rings. The number of hydrogen-bond acceptors (Lipinski definition) is 4. The summed E-state index contributed by atoms with van der Waals surface area (Å²) < 4.78 is 11.7. The molecule has 0 aliphatic rings. The SMILES string of the molecule is Cc1ccc(CC(=O)NC(COCc2ccccc2)C(=O)Cc2ccc(Oc3ccccc3)cc2)cc1. The molecule has 0 spiro atoms. The summed E-state index contributed by atoms with van der Waals surface area (Å²) in [6.45, 7) is 2.47. The number of nitrogens with one attached hydrogen (secondary N) is 1. The lowest BCUT2D eigenvalue weighted by molar-refractivity contribution is -0.128. The highest BCUT2D eigenvalue weighted by atomic mass is 16.5. The van der Waals surface area contributed by atoms with Gasteiger partial charge in [-0.3, -0.25) is 9.59 Å². The van der Waals surface area contributed by atoms with Gasteiger partial charge >= 0.3 is 0 Å². The second-order valence-electron chi connectivity index (χ2n) is 8.99. The maximum absolute atomic E-state index is 13.2. The first kappa shape index (κ1) is 25.9. The maximum atomic E-state index is 13.2. The van der Waals surface area contributed by atoms with E-state index in [2.05, 4.69) is 5.32 Å². The zero-order chi connectivity index (χ0) is 25.9. The molecule has 5 heteroatoms. The van der Waals surface area contributed by atoms with Gasteiger partial charge in [-0.15, -0.1) is 0 Å². The minimum atomic E-state index is -0.748. The third-order valence-corrected chi connectivity index (χ3v) is 5.89. The van der Waals surface area contributed by atoms with Crippen LogP contribution in [0.5, 0.6) is 11.5 Å². The van der Waals surface area contributed by atoms with Crippen molar-refractivity contribution in [2.45, 2.75) is 32.4 Å². The first-order chi connectivity index (χ1) is 18.0. The van der Waals surface area contributed by atoms with Gasteiger partial charge in [-0.25, -0.2) is 0 Å². The molecule has 0 aliphatic heterocycles. The van der Waals surface area contributed by atoms with Gasteiger partial charge in [0.25, 0.3) is 0 Å². The Hall–Kier alpha value is -4.22. The summed E-state index contributed by atoms with van der Waals surface area (Å²) in [5, 5.41) is 2.89. The molecule has 1 unspecified atom stereocenters. The Kier molecular flexibility index (Phi) is 9.22. The number of carbonyl (C=O) groups is 2. The molecular formula is C32H31NO4. The summed E-state index contributed by atoms with van der Waals surface area (Å²) in [5.41, 5.74) is 3.88. The topological polar surface area (TPSA) is 64.6 Å². The van der Waals surface area contributed by atoms with E-state index in [0.717, 1.165) is 28.0 Å². The van der Waals surface area contributed by atoms with Crippen LogP contribution in [0, 0.1) is 6.92 Å². The summed E-state index contributed by atoms with van der Waals surface area (Å²) in [7, 11) is 0. The molecule has 1 atom stereocenters. The minimum absolute atomic E-state index is 0.0998. The number of Topliss-reactive ketones (excluding diaryl/α,β-unsaturated/α-hetero) is 1. The molecule has 4 aromatic rings. The van der Waals surface area contributed by atoms with E-state index >= 15 is 0 Å². The minimum Gasteiger partial charge on any atom is -0.457 e. The summed E-state index contributed by atoms with van der Waals surface area (Å²) in [4.78, 5) is 26.0. The van der Waals surface area contributed by atoms with E-state index in [0.29, 0.717) is 12.4 Å². The van der Waals surface area contributed by atoms with Crippen molar-refractivity contribution in [2.24, 2.45) is 0 Å². The molecule has 0 aliphatic carbocycles. The fraction of sp³-hybridized carbons (Fsp3) is 0.188. The van der Waals surface area contributed by atoms with Crippen LogP contribution in [0.25, 0.3) is 0 Å². The van der Waals surface area contributed by atoms with Gasteiger partial charge in [0.15, 0.2) is 5.78 Å². The molecule has 5 nitrogen and oxygen atoms in total. The number of carbonyl (C=O) groups excluding carboxylic acids is 2. The van der Waals surface area contributed by atoms with Gasteiger partial charge in [0.2, 0.25) is 5.91 Å². The molecule has 0 radical (unpaired) electrons. The predicted octanol–water partition coefficient (Wildman–Crippen LogP) is 5.84. The summed E-state index contributed by atoms with van der Waals surface area (Å²) in [6.07, 6.45) is 0.379. The third-order valence-electron chi connectivity index (χ3n) is 5.89. The van der Waals surface area contributed by atoms with Crippen molar-refractivity contribution in [1.29, 1.82) is 0 Å². The molecule has 1 N–H and O–H groups in total. The van der Waals surface area contributed by atoms with Crippen molar-refractivity contribution in [1.82, 2.24) is 5.32 Å². The molecule has 37 heavy (non-hydrogen) atoms. The second kappa shape index (κ2) is 13.2. The molecular weight excluding hydrogens is 462 g/mol. The van der Waals surface area contributed by atoms with E-state index in [1.807, 2.05) is 116 Å². The highest BCUT2D eigenvalue weighted by Crippen LogP contribution is 2.21. The van der Waals surface area contributed by atoms with E-state index in [9.17, 15) is 9.59 Å². The summed E-state index contributed by atoms with van der Waals surface area (Å²) in [5.74, 6) is 1.12.